The van der Waals surface area contributed by atoms with Crippen LogP contribution in [-0.4, -0.2) is 41.0 Å². The van der Waals surface area contributed by atoms with Crippen LogP contribution < -0.4 is 5.73 Å². The van der Waals surface area contributed by atoms with Crippen LogP contribution in [0.5, 0.6) is 0 Å². The van der Waals surface area contributed by atoms with Crippen molar-refractivity contribution in [2.45, 2.75) is 39.2 Å². The second kappa shape index (κ2) is 6.00. The van der Waals surface area contributed by atoms with Crippen LogP contribution >= 0.6 is 0 Å². The molecule has 0 spiro atoms. The van der Waals surface area contributed by atoms with Gasteiger partial charge >= 0.3 is 5.97 Å². The van der Waals surface area contributed by atoms with Crippen LogP contribution in [0.2, 0.25) is 0 Å². The number of hydrogen-bond donors (Lipinski definition) is 2. The summed E-state index contributed by atoms with van der Waals surface area (Å²) in [6.07, 6.45) is 2.04. The van der Waals surface area contributed by atoms with Crippen molar-refractivity contribution in [2.75, 3.05) is 13.1 Å². The van der Waals surface area contributed by atoms with Crippen molar-refractivity contribution in [3.63, 3.8) is 0 Å². The summed E-state index contributed by atoms with van der Waals surface area (Å²) in [7, 11) is 0. The average molecular weight is 242 g/mol. The van der Waals surface area contributed by atoms with Crippen LogP contribution in [0.25, 0.3) is 0 Å². The first kappa shape index (κ1) is 14.0. The first-order valence-electron chi connectivity index (χ1n) is 6.19. The minimum atomic E-state index is -0.820. The van der Waals surface area contributed by atoms with E-state index in [1.807, 2.05) is 13.8 Å². The van der Waals surface area contributed by atoms with Gasteiger partial charge in [0.25, 0.3) is 0 Å². The second-order valence-corrected chi connectivity index (χ2v) is 5.20. The molecule has 0 aromatic heterocycles. The molecule has 1 rings (SSSR count). The normalized spacial score (nSPS) is 22.6. The van der Waals surface area contributed by atoms with Crippen LogP contribution in [0.15, 0.2) is 0 Å². The monoisotopic (exact) mass is 242 g/mol. The molecule has 0 bridgehead atoms. The van der Waals surface area contributed by atoms with Gasteiger partial charge in [-0.15, -0.1) is 0 Å². The Bertz CT molecular complexity index is 291. The Hall–Kier alpha value is -1.10. The van der Waals surface area contributed by atoms with Gasteiger partial charge in [-0.1, -0.05) is 13.8 Å². The Labute approximate surface area is 102 Å². The molecule has 3 N–H and O–H groups in total. The summed E-state index contributed by atoms with van der Waals surface area (Å²) in [5.41, 5.74) is 5.83. The number of aliphatic carboxylic acids is 1. The third kappa shape index (κ3) is 4.00. The molecule has 5 heteroatoms. The number of nitrogens with two attached hydrogens (primary N) is 1. The molecule has 98 valence electrons. The number of carboxylic acid groups (broad SMARTS) is 1. The first-order valence-corrected chi connectivity index (χ1v) is 6.19. The largest absolute Gasteiger partial charge is 0.481 e. The van der Waals surface area contributed by atoms with Gasteiger partial charge in [-0.3, -0.25) is 9.59 Å². The lowest BCUT2D eigenvalue weighted by molar-refractivity contribution is -0.146. The van der Waals surface area contributed by atoms with Crippen LogP contribution in [0.3, 0.4) is 0 Å². The SMILES string of the molecule is CC(C)C[C@H](N)C(=O)N1CCC[C@@H](C(=O)O)C1. The molecule has 1 saturated heterocycles. The third-order valence-corrected chi connectivity index (χ3v) is 3.12. The highest BCUT2D eigenvalue weighted by molar-refractivity contribution is 5.82. The maximum atomic E-state index is 12.0. The van der Waals surface area contributed by atoms with E-state index in [0.29, 0.717) is 31.8 Å². The van der Waals surface area contributed by atoms with Crippen LogP contribution in [0.4, 0.5) is 0 Å². The lowest BCUT2D eigenvalue weighted by Gasteiger charge is -2.32. The Morgan fingerprint density at radius 3 is 2.65 bits per heavy atom. The van der Waals surface area contributed by atoms with E-state index in [-0.39, 0.29) is 5.91 Å². The predicted molar refractivity (Wildman–Crippen MR) is 64.4 cm³/mol. The number of piperidine rings is 1. The van der Waals surface area contributed by atoms with E-state index in [1.54, 1.807) is 4.90 Å². The van der Waals surface area contributed by atoms with Gasteiger partial charge in [-0.2, -0.15) is 0 Å². The fourth-order valence-electron chi connectivity index (χ4n) is 2.22. The molecule has 2 atom stereocenters. The number of nitrogens with zero attached hydrogens (tertiary/aromatic N) is 1. The topological polar surface area (TPSA) is 83.6 Å². The van der Waals surface area contributed by atoms with E-state index >= 15 is 0 Å². The lowest BCUT2D eigenvalue weighted by Crippen LogP contribution is -2.49. The van der Waals surface area contributed by atoms with Gasteiger partial charge in [0.15, 0.2) is 0 Å². The van der Waals surface area contributed by atoms with E-state index in [1.165, 1.54) is 0 Å². The first-order chi connectivity index (χ1) is 7.91. The summed E-state index contributed by atoms with van der Waals surface area (Å²) >= 11 is 0. The minimum absolute atomic E-state index is 0.107. The van der Waals surface area contributed by atoms with Crippen molar-refractivity contribution in [1.82, 2.24) is 4.90 Å². The number of carbonyl (C=O) groups is 2. The molecule has 1 aliphatic heterocycles. The van der Waals surface area contributed by atoms with Gasteiger partial charge in [0.1, 0.15) is 0 Å². The molecular formula is C12H22N2O3. The number of rotatable bonds is 4. The number of hydrogen-bond acceptors (Lipinski definition) is 3. The number of likely N-dealkylation sites (tertiary alicyclic amines) is 1. The zero-order valence-corrected chi connectivity index (χ0v) is 10.6. The van der Waals surface area contributed by atoms with Crippen molar-refractivity contribution >= 4 is 11.9 Å². The van der Waals surface area contributed by atoms with Gasteiger partial charge < -0.3 is 15.7 Å². The molecule has 0 aromatic rings. The molecule has 1 heterocycles. The maximum Gasteiger partial charge on any atom is 0.308 e. The van der Waals surface area contributed by atoms with Crippen LogP contribution in [-0.2, 0) is 9.59 Å². The van der Waals surface area contributed by atoms with Crippen molar-refractivity contribution in [3.05, 3.63) is 0 Å². The smallest absolute Gasteiger partial charge is 0.308 e. The number of carboxylic acids is 1. The summed E-state index contributed by atoms with van der Waals surface area (Å²) in [6.45, 7) is 4.97. The quantitative estimate of drug-likeness (QED) is 0.759. The minimum Gasteiger partial charge on any atom is -0.481 e. The van der Waals surface area contributed by atoms with E-state index in [9.17, 15) is 9.59 Å². The number of amides is 1. The molecule has 17 heavy (non-hydrogen) atoms. The van der Waals surface area contributed by atoms with Gasteiger partial charge in [0.2, 0.25) is 5.91 Å². The summed E-state index contributed by atoms with van der Waals surface area (Å²) < 4.78 is 0. The fraction of sp³-hybridized carbons (Fsp3) is 0.833. The lowest BCUT2D eigenvalue weighted by atomic mass is 9.96. The predicted octanol–water partition coefficient (Wildman–Crippen LogP) is 0.683. The van der Waals surface area contributed by atoms with Crippen LogP contribution in [0.1, 0.15) is 33.1 Å². The Kier molecular flexibility index (Phi) is 4.93. The highest BCUT2D eigenvalue weighted by Gasteiger charge is 2.30. The molecule has 5 nitrogen and oxygen atoms in total. The summed E-state index contributed by atoms with van der Waals surface area (Å²) in [6, 6.07) is -0.498. The highest BCUT2D eigenvalue weighted by Crippen LogP contribution is 2.18. The van der Waals surface area contributed by atoms with Crippen molar-refractivity contribution in [2.24, 2.45) is 17.6 Å². The van der Waals surface area contributed by atoms with E-state index < -0.39 is 17.9 Å². The summed E-state index contributed by atoms with van der Waals surface area (Å²) in [5, 5.41) is 8.95. The molecule has 1 amide bonds. The molecule has 1 aliphatic rings. The van der Waals surface area contributed by atoms with E-state index in [2.05, 4.69) is 0 Å². The van der Waals surface area contributed by atoms with Gasteiger partial charge in [-0.25, -0.2) is 0 Å². The molecule has 0 radical (unpaired) electrons. The van der Waals surface area contributed by atoms with Gasteiger partial charge in [0.05, 0.1) is 12.0 Å². The Morgan fingerprint density at radius 2 is 2.12 bits per heavy atom. The van der Waals surface area contributed by atoms with E-state index in [4.69, 9.17) is 10.8 Å². The Balaban J connectivity index is 2.54. The maximum absolute atomic E-state index is 12.0. The highest BCUT2D eigenvalue weighted by atomic mass is 16.4. The summed E-state index contributed by atoms with van der Waals surface area (Å²) in [5.74, 6) is -0.988. The summed E-state index contributed by atoms with van der Waals surface area (Å²) in [4.78, 5) is 24.5. The fourth-order valence-corrected chi connectivity index (χ4v) is 2.22. The third-order valence-electron chi connectivity index (χ3n) is 3.12. The van der Waals surface area contributed by atoms with Gasteiger partial charge in [-0.05, 0) is 25.2 Å². The van der Waals surface area contributed by atoms with E-state index in [0.717, 1.165) is 6.42 Å². The molecule has 0 aliphatic carbocycles. The zero-order chi connectivity index (χ0) is 13.0. The molecular weight excluding hydrogens is 220 g/mol. The van der Waals surface area contributed by atoms with Crippen molar-refractivity contribution < 1.29 is 14.7 Å². The molecule has 0 unspecified atom stereocenters. The Morgan fingerprint density at radius 1 is 1.47 bits per heavy atom. The zero-order valence-electron chi connectivity index (χ0n) is 10.6. The molecule has 0 saturated carbocycles. The van der Waals surface area contributed by atoms with Gasteiger partial charge in [0, 0.05) is 13.1 Å². The molecule has 0 aromatic carbocycles. The molecule has 1 fully saturated rings. The second-order valence-electron chi connectivity index (χ2n) is 5.20. The number of carbonyl (C=O) groups excluding carboxylic acids is 1. The van der Waals surface area contributed by atoms with Crippen molar-refractivity contribution in [1.29, 1.82) is 0 Å². The standard InChI is InChI=1S/C12H22N2O3/c1-8(2)6-10(13)11(15)14-5-3-4-9(7-14)12(16)17/h8-10H,3-7,13H2,1-2H3,(H,16,17)/t9-,10+/m1/s1. The van der Waals surface area contributed by atoms with Crippen molar-refractivity contribution in [3.8, 4) is 0 Å². The average Bonchev–Trinajstić information content (AvgIpc) is 2.27. The van der Waals surface area contributed by atoms with Crippen LogP contribution in [0, 0.1) is 11.8 Å².